The van der Waals surface area contributed by atoms with E-state index in [9.17, 15) is 5.11 Å². The van der Waals surface area contributed by atoms with Gasteiger partial charge >= 0.3 is 0 Å². The van der Waals surface area contributed by atoms with Gasteiger partial charge in [-0.15, -0.1) is 0 Å². The molecule has 2 saturated carbocycles. The first-order chi connectivity index (χ1) is 7.71. The molecule has 4 atom stereocenters. The van der Waals surface area contributed by atoms with Crippen molar-refractivity contribution in [3.05, 3.63) is 0 Å². The molecule has 2 heteroatoms. The molecule has 3 aliphatic rings. The van der Waals surface area contributed by atoms with Crippen molar-refractivity contribution in [3.63, 3.8) is 0 Å². The van der Waals surface area contributed by atoms with Crippen LogP contribution in [0.25, 0.3) is 0 Å². The molecule has 0 unspecified atom stereocenters. The fourth-order valence-electron chi connectivity index (χ4n) is 4.77. The van der Waals surface area contributed by atoms with Crippen LogP contribution < -0.4 is 0 Å². The number of hydrogen-bond donors (Lipinski definition) is 1. The molecule has 2 aliphatic carbocycles. The molecule has 0 aromatic rings. The summed E-state index contributed by atoms with van der Waals surface area (Å²) in [6.07, 6.45) is 9.52. The molecule has 2 bridgehead atoms. The van der Waals surface area contributed by atoms with Crippen molar-refractivity contribution in [2.24, 2.45) is 11.8 Å². The summed E-state index contributed by atoms with van der Waals surface area (Å²) in [5.41, 5.74) is 0. The third kappa shape index (κ3) is 1.62. The van der Waals surface area contributed by atoms with E-state index in [4.69, 9.17) is 0 Å². The third-order valence-electron chi connectivity index (χ3n) is 5.76. The van der Waals surface area contributed by atoms with Gasteiger partial charge in [0, 0.05) is 12.3 Å². The molecule has 16 heavy (non-hydrogen) atoms. The molecule has 1 aliphatic heterocycles. The minimum absolute atomic E-state index is 0.0376. The van der Waals surface area contributed by atoms with E-state index in [1.165, 1.54) is 62.5 Å². The maximum absolute atomic E-state index is 10.3. The van der Waals surface area contributed by atoms with E-state index in [2.05, 4.69) is 7.05 Å². The van der Waals surface area contributed by atoms with Crippen molar-refractivity contribution in [3.8, 4) is 0 Å². The lowest BCUT2D eigenvalue weighted by Crippen LogP contribution is -2.60. The highest BCUT2D eigenvalue weighted by Gasteiger charge is 2.50. The number of piperidine rings is 1. The summed E-state index contributed by atoms with van der Waals surface area (Å²) >= 11 is 0. The number of rotatable bonds is 1. The van der Waals surface area contributed by atoms with E-state index in [0.717, 1.165) is 6.04 Å². The minimum atomic E-state index is 0.0376. The molecule has 1 saturated heterocycles. The van der Waals surface area contributed by atoms with Crippen LogP contribution in [0, 0.1) is 11.8 Å². The molecule has 0 radical (unpaired) electrons. The molecule has 0 aromatic heterocycles. The summed E-state index contributed by atoms with van der Waals surface area (Å²) in [7, 11) is 2.45. The summed E-state index contributed by atoms with van der Waals surface area (Å²) in [5, 5.41) is 10.3. The van der Waals surface area contributed by atoms with Crippen LogP contribution in [0.2, 0.25) is 0 Å². The predicted molar refractivity (Wildman–Crippen MR) is 65.0 cm³/mol. The minimum Gasteiger partial charge on any atom is -0.392 e. The topological polar surface area (TPSA) is 20.2 Å². The highest BCUT2D eigenvalue weighted by Crippen LogP contribution is 2.46. The number of aliphatic hydroxyl groups excluding tert-OH is 1. The third-order valence-corrected chi connectivity index (χ3v) is 5.76. The quantitative estimate of drug-likeness (QED) is 0.677. The Hall–Kier alpha value is -0.0800. The van der Waals surface area contributed by atoms with Crippen molar-refractivity contribution in [1.82, 2.24) is 0 Å². The maximum Gasteiger partial charge on any atom is 0.0941 e. The van der Waals surface area contributed by atoms with Crippen LogP contribution in [0.3, 0.4) is 0 Å². The van der Waals surface area contributed by atoms with Crippen LogP contribution in [-0.2, 0) is 0 Å². The van der Waals surface area contributed by atoms with E-state index in [-0.39, 0.29) is 6.10 Å². The summed E-state index contributed by atoms with van der Waals surface area (Å²) in [5.74, 6) is 1.28. The molecule has 3 rings (SSSR count). The first-order valence-electron chi connectivity index (χ1n) is 7.23. The molecule has 0 spiro atoms. The van der Waals surface area contributed by atoms with Crippen LogP contribution in [0.1, 0.15) is 44.9 Å². The average molecular weight is 224 g/mol. The number of nitrogens with zero attached hydrogens (tertiary/aromatic N) is 1. The van der Waals surface area contributed by atoms with Crippen molar-refractivity contribution in [1.29, 1.82) is 0 Å². The van der Waals surface area contributed by atoms with Crippen LogP contribution in [0.4, 0.5) is 0 Å². The predicted octanol–water partition coefficient (Wildman–Crippen LogP) is 2.17. The molecule has 1 heterocycles. The van der Waals surface area contributed by atoms with Crippen LogP contribution in [-0.4, -0.2) is 41.9 Å². The number of likely N-dealkylation sites (tertiary alicyclic amines) is 1. The second kappa shape index (κ2) is 3.99. The summed E-state index contributed by atoms with van der Waals surface area (Å²) in [4.78, 5) is 0. The van der Waals surface area contributed by atoms with Gasteiger partial charge in [0.2, 0.25) is 0 Å². The Balaban J connectivity index is 1.78. The van der Waals surface area contributed by atoms with Gasteiger partial charge in [-0.2, -0.15) is 0 Å². The van der Waals surface area contributed by atoms with Gasteiger partial charge in [0.25, 0.3) is 0 Å². The maximum atomic E-state index is 10.3. The van der Waals surface area contributed by atoms with E-state index >= 15 is 0 Å². The van der Waals surface area contributed by atoms with Crippen molar-refractivity contribution in [2.75, 3.05) is 20.1 Å². The van der Waals surface area contributed by atoms with Crippen LogP contribution >= 0.6 is 0 Å². The Morgan fingerprint density at radius 1 is 0.938 bits per heavy atom. The fraction of sp³-hybridized carbons (Fsp3) is 1.00. The summed E-state index contributed by atoms with van der Waals surface area (Å²) < 4.78 is 1.27. The highest BCUT2D eigenvalue weighted by molar-refractivity contribution is 4.94. The largest absolute Gasteiger partial charge is 0.392 e. The second-order valence-corrected chi connectivity index (χ2v) is 6.62. The Kier molecular flexibility index (Phi) is 2.75. The molecule has 2 nitrogen and oxygen atoms in total. The van der Waals surface area contributed by atoms with E-state index in [0.29, 0.717) is 11.8 Å². The lowest BCUT2D eigenvalue weighted by Gasteiger charge is -2.49. The van der Waals surface area contributed by atoms with Gasteiger partial charge in [-0.1, -0.05) is 0 Å². The van der Waals surface area contributed by atoms with Gasteiger partial charge < -0.3 is 9.59 Å². The zero-order valence-electron chi connectivity index (χ0n) is 10.6. The highest BCUT2D eigenvalue weighted by atomic mass is 16.3. The molecule has 3 fully saturated rings. The molecule has 1 N–H and O–H groups in total. The molecule has 0 aromatic carbocycles. The zero-order valence-corrected chi connectivity index (χ0v) is 10.6. The van der Waals surface area contributed by atoms with Gasteiger partial charge in [0.1, 0.15) is 0 Å². The van der Waals surface area contributed by atoms with Crippen molar-refractivity contribution >= 4 is 0 Å². The Labute approximate surface area is 99.2 Å². The Morgan fingerprint density at radius 2 is 1.62 bits per heavy atom. The molecular formula is C14H26NO+. The van der Waals surface area contributed by atoms with Gasteiger partial charge in [0.15, 0.2) is 0 Å². The molecule has 0 amide bonds. The van der Waals surface area contributed by atoms with Crippen molar-refractivity contribution < 1.29 is 9.59 Å². The van der Waals surface area contributed by atoms with Gasteiger partial charge in [-0.3, -0.25) is 0 Å². The fourth-order valence-corrected chi connectivity index (χ4v) is 4.77. The Bertz CT molecular complexity index is 259. The van der Waals surface area contributed by atoms with Crippen molar-refractivity contribution in [2.45, 2.75) is 57.1 Å². The standard InChI is InChI=1S/C14H26NO/c1-15(9-3-2-4-10-15)13-8-6-11-5-7-12(13)14(11)16/h11-14,16H,2-10H2,1H3/q+1/t11-,12+,13+,14-/m1/s1. The van der Waals surface area contributed by atoms with E-state index < -0.39 is 0 Å². The van der Waals surface area contributed by atoms with Crippen LogP contribution in [0.5, 0.6) is 0 Å². The molecule has 92 valence electrons. The first-order valence-corrected chi connectivity index (χ1v) is 7.23. The average Bonchev–Trinajstić information content (AvgIpc) is 2.53. The number of quaternary nitrogens is 1. The lowest BCUT2D eigenvalue weighted by atomic mass is 9.80. The van der Waals surface area contributed by atoms with Gasteiger partial charge in [-0.25, -0.2) is 0 Å². The molecular weight excluding hydrogens is 198 g/mol. The monoisotopic (exact) mass is 224 g/mol. The SMILES string of the molecule is C[N+]1([C@H]2CC[C@H]3CC[C@@H]2[C@@H]3O)CCCCC1. The number of aliphatic hydroxyl groups is 1. The van der Waals surface area contributed by atoms with Gasteiger partial charge in [-0.05, 0) is 44.4 Å². The summed E-state index contributed by atoms with van der Waals surface area (Å²) in [6, 6.07) is 0.772. The summed E-state index contributed by atoms with van der Waals surface area (Å²) in [6.45, 7) is 2.72. The number of fused-ring (bicyclic) bond motifs is 2. The normalized spacial score (nSPS) is 46.9. The van der Waals surface area contributed by atoms with Gasteiger partial charge in [0.05, 0.1) is 32.3 Å². The first kappa shape index (κ1) is 11.0. The smallest absolute Gasteiger partial charge is 0.0941 e. The second-order valence-electron chi connectivity index (χ2n) is 6.62. The van der Waals surface area contributed by atoms with E-state index in [1.54, 1.807) is 0 Å². The Morgan fingerprint density at radius 3 is 2.38 bits per heavy atom. The zero-order chi connectivity index (χ0) is 11.2. The van der Waals surface area contributed by atoms with Crippen LogP contribution in [0.15, 0.2) is 0 Å². The number of hydrogen-bond acceptors (Lipinski definition) is 1. The lowest BCUT2D eigenvalue weighted by molar-refractivity contribution is -0.942. The van der Waals surface area contributed by atoms with E-state index in [1.807, 2.05) is 0 Å².